The molecule has 0 bridgehead atoms. The molecule has 0 aliphatic carbocycles. The van der Waals surface area contributed by atoms with E-state index in [1.165, 1.54) is 7.11 Å². The van der Waals surface area contributed by atoms with Crippen molar-refractivity contribution in [2.24, 2.45) is 5.92 Å². The number of amides is 3. The maximum atomic E-state index is 13.7. The molecule has 0 radical (unpaired) electrons. The smallest absolute Gasteiger partial charge is 0.410 e. The van der Waals surface area contributed by atoms with Crippen LogP contribution >= 0.6 is 0 Å². The first kappa shape index (κ1) is 46.6. The van der Waals surface area contributed by atoms with Crippen molar-refractivity contribution in [3.63, 3.8) is 0 Å². The van der Waals surface area contributed by atoms with Crippen LogP contribution in [0.5, 0.6) is 11.5 Å². The summed E-state index contributed by atoms with van der Waals surface area (Å²) in [5.41, 5.74) is 7.77. The SMILES string of the molecule is COCCOc1c(-c2ccc(-c3ccc4nc([C@@H]5CCCN5C(=O)[C@@H](NC(=O)OC)C(C)C)[nH]c4c3)cc2)ccc(-c2cnc([C@@H]3CCCN3C(=O)OCc3ccccc3)[nH]2)c1OCCOC. The molecular formula is C51H59N7O9. The number of carbonyl (C=O) groups is 3. The van der Waals surface area contributed by atoms with Crippen LogP contribution in [0, 0.1) is 5.92 Å². The Bertz CT molecular complexity index is 2630. The van der Waals surface area contributed by atoms with E-state index in [0.717, 1.165) is 70.1 Å². The zero-order chi connectivity index (χ0) is 46.9. The van der Waals surface area contributed by atoms with Crippen molar-refractivity contribution < 1.29 is 42.8 Å². The number of fused-ring (bicyclic) bond motifs is 1. The number of aromatic nitrogens is 4. The first-order valence-corrected chi connectivity index (χ1v) is 22.9. The normalized spacial score (nSPS) is 16.4. The molecule has 4 aromatic carbocycles. The molecule has 3 amide bonds. The van der Waals surface area contributed by atoms with Gasteiger partial charge in [0, 0.05) is 38.4 Å². The van der Waals surface area contributed by atoms with Crippen molar-refractivity contribution in [3.8, 4) is 45.0 Å². The number of rotatable bonds is 18. The average Bonchev–Trinajstić information content (AvgIpc) is 4.20. The number of hydrogen-bond acceptors (Lipinski definition) is 11. The van der Waals surface area contributed by atoms with Gasteiger partial charge in [0.05, 0.1) is 55.3 Å². The van der Waals surface area contributed by atoms with Gasteiger partial charge in [-0.2, -0.15) is 0 Å². The van der Waals surface area contributed by atoms with Crippen LogP contribution in [0.15, 0.2) is 91.1 Å². The highest BCUT2D eigenvalue weighted by Gasteiger charge is 2.38. The van der Waals surface area contributed by atoms with Gasteiger partial charge in [-0.25, -0.2) is 19.6 Å². The van der Waals surface area contributed by atoms with Gasteiger partial charge in [0.15, 0.2) is 11.5 Å². The maximum Gasteiger partial charge on any atom is 0.410 e. The minimum atomic E-state index is -0.712. The molecule has 8 rings (SSSR count). The van der Waals surface area contributed by atoms with E-state index in [0.29, 0.717) is 55.1 Å². The number of H-pyrrole nitrogens is 2. The predicted octanol–water partition coefficient (Wildman–Crippen LogP) is 8.86. The fourth-order valence-electron chi connectivity index (χ4n) is 8.86. The lowest BCUT2D eigenvalue weighted by Crippen LogP contribution is -2.51. The molecule has 0 saturated carbocycles. The summed E-state index contributed by atoms with van der Waals surface area (Å²) in [4.78, 5) is 59.4. The monoisotopic (exact) mass is 913 g/mol. The van der Waals surface area contributed by atoms with E-state index >= 15 is 0 Å². The molecular weight excluding hydrogens is 855 g/mol. The van der Waals surface area contributed by atoms with Gasteiger partial charge in [0.1, 0.15) is 37.5 Å². The van der Waals surface area contributed by atoms with E-state index in [9.17, 15) is 14.4 Å². The molecule has 2 saturated heterocycles. The van der Waals surface area contributed by atoms with Gasteiger partial charge in [-0.1, -0.05) is 74.5 Å². The summed E-state index contributed by atoms with van der Waals surface area (Å²) in [5, 5.41) is 2.72. The van der Waals surface area contributed by atoms with Crippen molar-refractivity contribution in [1.29, 1.82) is 0 Å². The Morgan fingerprint density at radius 2 is 1.37 bits per heavy atom. The second-order valence-corrected chi connectivity index (χ2v) is 17.1. The number of benzene rings is 4. The molecule has 3 N–H and O–H groups in total. The topological polar surface area (TPSA) is 182 Å². The first-order chi connectivity index (χ1) is 32.7. The lowest BCUT2D eigenvalue weighted by Gasteiger charge is -2.29. The minimum absolute atomic E-state index is 0.126. The molecule has 2 fully saturated rings. The molecule has 0 unspecified atom stereocenters. The molecule has 4 heterocycles. The lowest BCUT2D eigenvalue weighted by molar-refractivity contribution is -0.135. The third-order valence-corrected chi connectivity index (χ3v) is 12.3. The van der Waals surface area contributed by atoms with E-state index in [1.807, 2.05) is 73.3 Å². The summed E-state index contributed by atoms with van der Waals surface area (Å²) in [6.07, 6.45) is 3.93. The fraction of sp³-hybridized carbons (Fsp3) is 0.392. The van der Waals surface area contributed by atoms with Gasteiger partial charge < -0.3 is 48.6 Å². The van der Waals surface area contributed by atoms with Crippen LogP contribution in [0.2, 0.25) is 0 Å². The second kappa shape index (κ2) is 21.6. The quantitative estimate of drug-likeness (QED) is 0.0701. The van der Waals surface area contributed by atoms with Gasteiger partial charge in [0.25, 0.3) is 0 Å². The second-order valence-electron chi connectivity index (χ2n) is 17.1. The molecule has 6 aromatic rings. The van der Waals surface area contributed by atoms with Crippen LogP contribution < -0.4 is 14.8 Å². The Hall–Kier alpha value is -6.91. The predicted molar refractivity (Wildman–Crippen MR) is 252 cm³/mol. The molecule has 67 heavy (non-hydrogen) atoms. The summed E-state index contributed by atoms with van der Waals surface area (Å²) < 4.78 is 34.2. The van der Waals surface area contributed by atoms with Crippen LogP contribution in [0.3, 0.4) is 0 Å². The number of nitrogens with one attached hydrogen (secondary N) is 3. The highest BCUT2D eigenvalue weighted by molar-refractivity contribution is 5.87. The highest BCUT2D eigenvalue weighted by Crippen LogP contribution is 2.46. The Kier molecular flexibility index (Phi) is 15.0. The Morgan fingerprint density at radius 3 is 2.06 bits per heavy atom. The molecule has 3 atom stereocenters. The molecule has 16 heteroatoms. The largest absolute Gasteiger partial charge is 0.487 e. The molecule has 2 aromatic heterocycles. The van der Waals surface area contributed by atoms with Gasteiger partial charge in [-0.15, -0.1) is 0 Å². The summed E-state index contributed by atoms with van der Waals surface area (Å²) in [7, 11) is 4.55. The van der Waals surface area contributed by atoms with Crippen LogP contribution in [0.1, 0.15) is 68.8 Å². The summed E-state index contributed by atoms with van der Waals surface area (Å²) in [5.74, 6) is 2.18. The number of methoxy groups -OCH3 is 3. The zero-order valence-corrected chi connectivity index (χ0v) is 38.7. The summed E-state index contributed by atoms with van der Waals surface area (Å²) in [6, 6.07) is 26.8. The van der Waals surface area contributed by atoms with Gasteiger partial charge >= 0.3 is 12.2 Å². The number of ether oxygens (including phenoxy) is 6. The third kappa shape index (κ3) is 10.6. The summed E-state index contributed by atoms with van der Waals surface area (Å²) in [6.45, 7) is 6.43. The number of aromatic amines is 2. The number of nitrogens with zero attached hydrogens (tertiary/aromatic N) is 4. The Labute approximate surface area is 390 Å². The first-order valence-electron chi connectivity index (χ1n) is 22.9. The van der Waals surface area contributed by atoms with Gasteiger partial charge in [0.2, 0.25) is 5.91 Å². The number of likely N-dealkylation sites (tertiary alicyclic amines) is 2. The lowest BCUT2D eigenvalue weighted by atomic mass is 9.97. The fourth-order valence-corrected chi connectivity index (χ4v) is 8.86. The van der Waals surface area contributed by atoms with Crippen molar-refractivity contribution in [3.05, 3.63) is 108 Å². The number of imidazole rings is 2. The Balaban J connectivity index is 1.04. The average molecular weight is 914 g/mol. The van der Waals surface area contributed by atoms with Crippen molar-refractivity contribution in [2.75, 3.05) is 60.8 Å². The standard InChI is InChI=1S/C51H59N7O9/c1-32(2)44(56-50(60)64-5)49(59)57-23-9-14-43(57)48-53-39-22-19-36(29-40(39)54-48)34-15-17-35(18-16-34)37-20-21-38(46(66-28-26-63-4)45(37)65-27-25-62-3)41-30-52-47(55-41)42-13-10-24-58(42)51(61)67-31-33-11-7-6-8-12-33/h6-8,11-12,15-22,29-30,32,42-44H,9-10,13-14,23-28,31H2,1-5H3,(H,52,55)(H,53,54)(H,56,60)/t42-,43-,44-/m0/s1. The van der Waals surface area contributed by atoms with E-state index in [-0.39, 0.29) is 49.8 Å². The molecule has 352 valence electrons. The van der Waals surface area contributed by atoms with Gasteiger partial charge in [-0.05, 0) is 78.1 Å². The van der Waals surface area contributed by atoms with E-state index < -0.39 is 12.1 Å². The van der Waals surface area contributed by atoms with Crippen LogP contribution in [-0.4, -0.2) is 115 Å². The number of hydrogen-bond donors (Lipinski definition) is 3. The minimum Gasteiger partial charge on any atom is -0.487 e. The number of alkyl carbamates (subject to hydrolysis) is 1. The highest BCUT2D eigenvalue weighted by atomic mass is 16.6. The Morgan fingerprint density at radius 1 is 0.731 bits per heavy atom. The van der Waals surface area contributed by atoms with Crippen LogP contribution in [0.25, 0.3) is 44.5 Å². The van der Waals surface area contributed by atoms with Crippen LogP contribution in [-0.2, 0) is 30.3 Å². The zero-order valence-electron chi connectivity index (χ0n) is 38.7. The van der Waals surface area contributed by atoms with Gasteiger partial charge in [-0.3, -0.25) is 9.69 Å². The van der Waals surface area contributed by atoms with Crippen molar-refractivity contribution in [1.82, 2.24) is 35.1 Å². The maximum absolute atomic E-state index is 13.7. The third-order valence-electron chi connectivity index (χ3n) is 12.3. The van der Waals surface area contributed by atoms with E-state index in [1.54, 1.807) is 25.3 Å². The molecule has 2 aliphatic rings. The molecule has 0 spiro atoms. The molecule has 2 aliphatic heterocycles. The van der Waals surface area contributed by atoms with Crippen LogP contribution in [0.4, 0.5) is 9.59 Å². The molecule has 16 nitrogen and oxygen atoms in total. The van der Waals surface area contributed by atoms with Crippen molar-refractivity contribution in [2.45, 2.75) is 64.3 Å². The summed E-state index contributed by atoms with van der Waals surface area (Å²) >= 11 is 0. The number of carbonyl (C=O) groups excluding carboxylic acids is 3. The van der Waals surface area contributed by atoms with E-state index in [4.69, 9.17) is 38.4 Å². The van der Waals surface area contributed by atoms with E-state index in [2.05, 4.69) is 45.6 Å². The van der Waals surface area contributed by atoms with Crippen molar-refractivity contribution >= 4 is 29.1 Å².